The molecule has 1 atom stereocenters. The summed E-state index contributed by atoms with van der Waals surface area (Å²) in [5, 5.41) is 2.92. The van der Waals surface area contributed by atoms with Crippen LogP contribution in [0.15, 0.2) is 54.6 Å². The minimum atomic E-state index is -5.67. The van der Waals surface area contributed by atoms with Crippen molar-refractivity contribution in [3.05, 3.63) is 65.9 Å². The first-order valence-electron chi connectivity index (χ1n) is 9.62. The van der Waals surface area contributed by atoms with E-state index >= 15 is 0 Å². The molecule has 0 bridgehead atoms. The Labute approximate surface area is 188 Å². The van der Waals surface area contributed by atoms with Gasteiger partial charge in [-0.05, 0) is 31.2 Å². The lowest BCUT2D eigenvalue weighted by molar-refractivity contribution is -0.205. The van der Waals surface area contributed by atoms with Gasteiger partial charge in [0.25, 0.3) is 5.91 Å². The largest absolute Gasteiger partial charge is 0.463 e. The number of amides is 1. The van der Waals surface area contributed by atoms with Crippen molar-refractivity contribution in [1.29, 1.82) is 0 Å². The molecule has 0 saturated carbocycles. The number of hydrogen-bond acceptors (Lipinski definition) is 6. The molecule has 2 aromatic carbocycles. The highest BCUT2D eigenvalue weighted by Gasteiger charge is 2.64. The first-order chi connectivity index (χ1) is 15.9. The number of esters is 1. The second-order valence-electron chi connectivity index (χ2n) is 6.82. The van der Waals surface area contributed by atoms with Crippen LogP contribution in [-0.2, 0) is 15.7 Å². The number of halogens is 6. The van der Waals surface area contributed by atoms with Gasteiger partial charge in [-0.3, -0.25) is 4.79 Å². The first-order valence-corrected chi connectivity index (χ1v) is 9.62. The summed E-state index contributed by atoms with van der Waals surface area (Å²) in [5.74, 6) is -4.92. The number of rotatable bonds is 6. The number of nitrogens with one attached hydrogen (secondary N) is 2. The van der Waals surface area contributed by atoms with Crippen LogP contribution in [0.3, 0.4) is 0 Å². The molecule has 0 aliphatic heterocycles. The van der Waals surface area contributed by atoms with Gasteiger partial charge in [-0.1, -0.05) is 30.3 Å². The molecule has 34 heavy (non-hydrogen) atoms. The van der Waals surface area contributed by atoms with Gasteiger partial charge in [0.15, 0.2) is 11.5 Å². The minimum absolute atomic E-state index is 0.188. The molecule has 180 valence electrons. The number of para-hydroxylation sites is 2. The van der Waals surface area contributed by atoms with Gasteiger partial charge in [0.2, 0.25) is 0 Å². The Morgan fingerprint density at radius 1 is 0.882 bits per heavy atom. The van der Waals surface area contributed by atoms with Gasteiger partial charge >= 0.3 is 24.0 Å². The summed E-state index contributed by atoms with van der Waals surface area (Å²) in [6.45, 7) is 0.629. The van der Waals surface area contributed by atoms with Crippen molar-refractivity contribution in [2.75, 3.05) is 11.9 Å². The number of hydrogen-bond donors (Lipinski definition) is 2. The van der Waals surface area contributed by atoms with E-state index in [0.717, 1.165) is 12.1 Å². The summed E-state index contributed by atoms with van der Waals surface area (Å²) in [7, 11) is 0. The molecule has 1 aromatic heterocycles. The lowest BCUT2D eigenvalue weighted by Gasteiger charge is -2.35. The van der Waals surface area contributed by atoms with Crippen molar-refractivity contribution in [1.82, 2.24) is 15.3 Å². The van der Waals surface area contributed by atoms with Gasteiger partial charge in [-0.2, -0.15) is 26.3 Å². The highest BCUT2D eigenvalue weighted by atomic mass is 19.4. The number of nitrogens with zero attached hydrogens (tertiary/aromatic N) is 2. The van der Waals surface area contributed by atoms with Crippen LogP contribution in [0, 0.1) is 0 Å². The number of fused-ring (bicyclic) bond motifs is 1. The van der Waals surface area contributed by atoms with Crippen molar-refractivity contribution < 1.29 is 40.7 Å². The Hall–Kier alpha value is -3.90. The molecule has 3 rings (SSSR count). The van der Waals surface area contributed by atoms with Crippen LogP contribution in [0.1, 0.15) is 23.0 Å². The topological polar surface area (TPSA) is 93.2 Å². The lowest BCUT2D eigenvalue weighted by atomic mass is 10.1. The predicted molar refractivity (Wildman–Crippen MR) is 107 cm³/mol. The standard InChI is InChI=1S/C21H16F6N4O3/c1-2-34-18(33)19(21(25,26)27,31-17(32)12-8-4-3-5-9-12)30-16-15(20(22,23)24)28-13-10-6-7-11-14(13)29-16/h3-11H,2H2,1H3,(H,29,30)(H,31,32)/t19-/m0/s1. The monoisotopic (exact) mass is 486 g/mol. The normalized spacial score (nSPS) is 13.7. The Kier molecular flexibility index (Phi) is 6.66. The molecule has 0 fully saturated rings. The van der Waals surface area contributed by atoms with E-state index in [-0.39, 0.29) is 16.6 Å². The summed E-state index contributed by atoms with van der Waals surface area (Å²) in [5.41, 5.74) is -6.66. The fourth-order valence-corrected chi connectivity index (χ4v) is 2.92. The Morgan fingerprint density at radius 3 is 1.97 bits per heavy atom. The van der Waals surface area contributed by atoms with Crippen molar-refractivity contribution in [3.63, 3.8) is 0 Å². The predicted octanol–water partition coefficient (Wildman–Crippen LogP) is 4.31. The SMILES string of the molecule is CCOC(=O)[C@@](NC(=O)c1ccccc1)(Nc1nc2ccccc2nc1C(F)(F)F)C(F)(F)F. The smallest absolute Gasteiger partial charge is 0.441 e. The fourth-order valence-electron chi connectivity index (χ4n) is 2.92. The van der Waals surface area contributed by atoms with Gasteiger partial charge < -0.3 is 15.4 Å². The maximum absolute atomic E-state index is 14.3. The first kappa shape index (κ1) is 24.7. The average molecular weight is 486 g/mol. The van der Waals surface area contributed by atoms with Gasteiger partial charge in [0, 0.05) is 5.56 Å². The number of ether oxygens (including phenoxy) is 1. The molecule has 0 aliphatic rings. The van der Waals surface area contributed by atoms with Crippen LogP contribution in [0.4, 0.5) is 32.2 Å². The van der Waals surface area contributed by atoms with Crippen LogP contribution >= 0.6 is 0 Å². The molecule has 7 nitrogen and oxygen atoms in total. The Balaban J connectivity index is 2.22. The lowest BCUT2D eigenvalue weighted by Crippen LogP contribution is -2.69. The third-order valence-electron chi connectivity index (χ3n) is 4.49. The molecular weight excluding hydrogens is 470 g/mol. The number of anilines is 1. The van der Waals surface area contributed by atoms with Crippen LogP contribution in [0.2, 0.25) is 0 Å². The third-order valence-corrected chi connectivity index (χ3v) is 4.49. The van der Waals surface area contributed by atoms with Crippen LogP contribution in [0.5, 0.6) is 0 Å². The number of aromatic nitrogens is 2. The summed E-state index contributed by atoms with van der Waals surface area (Å²) >= 11 is 0. The second-order valence-corrected chi connectivity index (χ2v) is 6.82. The average Bonchev–Trinajstić information content (AvgIpc) is 2.77. The summed E-state index contributed by atoms with van der Waals surface area (Å²) < 4.78 is 88.6. The van der Waals surface area contributed by atoms with E-state index in [2.05, 4.69) is 14.7 Å². The van der Waals surface area contributed by atoms with E-state index in [0.29, 0.717) is 0 Å². The maximum Gasteiger partial charge on any atom is 0.441 e. The molecule has 13 heteroatoms. The molecule has 3 aromatic rings. The summed E-state index contributed by atoms with van der Waals surface area (Å²) in [6, 6.07) is 11.6. The van der Waals surface area contributed by atoms with E-state index in [9.17, 15) is 35.9 Å². The van der Waals surface area contributed by atoms with E-state index < -0.39 is 48.0 Å². The van der Waals surface area contributed by atoms with Gasteiger partial charge in [0.05, 0.1) is 17.6 Å². The van der Waals surface area contributed by atoms with Crippen molar-refractivity contribution in [2.24, 2.45) is 0 Å². The third kappa shape index (κ3) is 4.87. The molecule has 0 radical (unpaired) electrons. The highest BCUT2D eigenvalue weighted by Crippen LogP contribution is 2.38. The number of benzene rings is 2. The maximum atomic E-state index is 14.3. The number of carbonyl (C=O) groups excluding carboxylic acids is 2. The molecule has 0 saturated heterocycles. The molecule has 0 spiro atoms. The van der Waals surface area contributed by atoms with Crippen molar-refractivity contribution >= 4 is 28.7 Å². The zero-order valence-electron chi connectivity index (χ0n) is 17.3. The second kappa shape index (κ2) is 9.15. The van der Waals surface area contributed by atoms with Gasteiger partial charge in [-0.25, -0.2) is 14.8 Å². The molecule has 0 unspecified atom stereocenters. The number of alkyl halides is 6. The van der Waals surface area contributed by atoms with Crippen LogP contribution in [0.25, 0.3) is 11.0 Å². The van der Waals surface area contributed by atoms with Gasteiger partial charge in [0.1, 0.15) is 0 Å². The Morgan fingerprint density at radius 2 is 1.44 bits per heavy atom. The zero-order valence-corrected chi connectivity index (χ0v) is 17.3. The van der Waals surface area contributed by atoms with Crippen molar-refractivity contribution in [3.8, 4) is 0 Å². The Bertz CT molecular complexity index is 1200. The molecule has 1 heterocycles. The fraction of sp³-hybridized carbons (Fsp3) is 0.238. The van der Waals surface area contributed by atoms with E-state index in [4.69, 9.17) is 0 Å². The zero-order chi connectivity index (χ0) is 25.1. The summed E-state index contributed by atoms with van der Waals surface area (Å²) in [4.78, 5) is 32.1. The molecule has 2 N–H and O–H groups in total. The van der Waals surface area contributed by atoms with E-state index in [1.54, 1.807) is 0 Å². The highest BCUT2D eigenvalue weighted by molar-refractivity contribution is 5.99. The van der Waals surface area contributed by atoms with E-state index in [1.165, 1.54) is 60.0 Å². The van der Waals surface area contributed by atoms with Crippen LogP contribution in [-0.4, -0.2) is 40.3 Å². The van der Waals surface area contributed by atoms with E-state index in [1.807, 2.05) is 0 Å². The molecular formula is C21H16F6N4O3. The summed E-state index contributed by atoms with van der Waals surface area (Å²) in [6.07, 6.45) is -10.9. The van der Waals surface area contributed by atoms with Crippen molar-refractivity contribution in [2.45, 2.75) is 24.9 Å². The minimum Gasteiger partial charge on any atom is -0.463 e. The van der Waals surface area contributed by atoms with Crippen LogP contribution < -0.4 is 10.6 Å². The number of carbonyl (C=O) groups is 2. The molecule has 0 aliphatic carbocycles. The van der Waals surface area contributed by atoms with Gasteiger partial charge in [-0.15, -0.1) is 0 Å². The quantitative estimate of drug-likeness (QED) is 0.307. The molecule has 1 amide bonds.